The zero-order chi connectivity index (χ0) is 32.5. The molecule has 44 heavy (non-hydrogen) atoms. The number of esters is 2. The van der Waals surface area contributed by atoms with Crippen molar-refractivity contribution in [3.05, 3.63) is 12.2 Å². The summed E-state index contributed by atoms with van der Waals surface area (Å²) in [6.45, 7) is 24.3. The second-order valence-electron chi connectivity index (χ2n) is 18.5. The quantitative estimate of drug-likeness (QED) is 0.219. The molecule has 5 nitrogen and oxygen atoms in total. The minimum Gasteiger partial charge on any atom is -0.469 e. The standard InChI is InChI=1S/C39H65NO4/c1-25(2)26-13-18-39(21-22-40)20-19-37(8)27(33(26)39)11-12-29-36(7)16-15-30(35(5,6)28(36)14-17-38(29,37)9)44-32(42)24-34(3,4)23-31(41)43-10/h26-30,33H,1,11-24,40H2,2-10H3/t26-,27?,28?,29?,30-,33?,36-,37+,38+,39+/m0/s1. The summed E-state index contributed by atoms with van der Waals surface area (Å²) in [5, 5.41) is 0. The van der Waals surface area contributed by atoms with E-state index in [1.54, 1.807) is 0 Å². The first-order chi connectivity index (χ1) is 20.4. The number of hydrogen-bond acceptors (Lipinski definition) is 5. The molecule has 5 aliphatic carbocycles. The molecule has 0 aromatic rings. The molecule has 5 aliphatic rings. The topological polar surface area (TPSA) is 78.6 Å². The van der Waals surface area contributed by atoms with Crippen LogP contribution in [0.15, 0.2) is 12.2 Å². The third kappa shape index (κ3) is 5.12. The van der Waals surface area contributed by atoms with Gasteiger partial charge in [0.15, 0.2) is 0 Å². The summed E-state index contributed by atoms with van der Waals surface area (Å²) in [5.74, 6) is 2.90. The van der Waals surface area contributed by atoms with Crippen molar-refractivity contribution in [2.45, 2.75) is 145 Å². The number of nitrogens with two attached hydrogens (primary N) is 1. The first-order valence-corrected chi connectivity index (χ1v) is 18.0. The van der Waals surface area contributed by atoms with E-state index in [9.17, 15) is 9.59 Å². The molecule has 0 heterocycles. The normalized spacial score (nSPS) is 44.4. The van der Waals surface area contributed by atoms with Gasteiger partial charge >= 0.3 is 11.9 Å². The Morgan fingerprint density at radius 3 is 2.16 bits per heavy atom. The van der Waals surface area contributed by atoms with E-state index in [2.05, 4.69) is 48.1 Å². The summed E-state index contributed by atoms with van der Waals surface area (Å²) in [5.41, 5.74) is 8.45. The predicted octanol–water partition coefficient (Wildman–Crippen LogP) is 8.88. The third-order valence-electron chi connectivity index (χ3n) is 15.6. The number of hydrogen-bond donors (Lipinski definition) is 1. The average Bonchev–Trinajstić information content (AvgIpc) is 3.30. The Kier molecular flexibility index (Phi) is 8.81. The highest BCUT2D eigenvalue weighted by atomic mass is 16.5. The van der Waals surface area contributed by atoms with Crippen LogP contribution in [0.4, 0.5) is 0 Å². The minimum atomic E-state index is -0.484. The number of carbonyl (C=O) groups is 2. The lowest BCUT2D eigenvalue weighted by molar-refractivity contribution is -0.250. The number of carbonyl (C=O) groups excluding carboxylic acids is 2. The van der Waals surface area contributed by atoms with E-state index >= 15 is 0 Å². The number of rotatable bonds is 8. The minimum absolute atomic E-state index is 0.0837. The molecule has 0 aliphatic heterocycles. The van der Waals surface area contributed by atoms with Gasteiger partial charge in [-0.05, 0) is 141 Å². The Labute approximate surface area is 269 Å². The molecule has 2 N–H and O–H groups in total. The lowest BCUT2D eigenvalue weighted by atomic mass is 9.32. The molecule has 5 rings (SSSR count). The highest BCUT2D eigenvalue weighted by molar-refractivity contribution is 5.74. The molecule has 5 fully saturated rings. The Bertz CT molecular complexity index is 1140. The number of allylic oxidation sites excluding steroid dienone is 1. The van der Waals surface area contributed by atoms with Gasteiger partial charge in [-0.1, -0.05) is 60.6 Å². The molecule has 0 saturated heterocycles. The fraction of sp³-hybridized carbons (Fsp3) is 0.897. The van der Waals surface area contributed by atoms with E-state index in [-0.39, 0.29) is 41.7 Å². The van der Waals surface area contributed by atoms with E-state index in [1.807, 2.05) is 13.8 Å². The lowest BCUT2D eigenvalue weighted by Crippen LogP contribution is -2.66. The first kappa shape index (κ1) is 34.0. The van der Waals surface area contributed by atoms with Gasteiger partial charge in [-0.25, -0.2) is 0 Å². The molecule has 250 valence electrons. The van der Waals surface area contributed by atoms with Gasteiger partial charge in [0.1, 0.15) is 6.10 Å². The summed E-state index contributed by atoms with van der Waals surface area (Å²) in [6, 6.07) is 0. The van der Waals surface area contributed by atoms with Crippen LogP contribution in [0.25, 0.3) is 0 Å². The van der Waals surface area contributed by atoms with Crippen molar-refractivity contribution >= 4 is 11.9 Å². The predicted molar refractivity (Wildman–Crippen MR) is 178 cm³/mol. The van der Waals surface area contributed by atoms with Crippen molar-refractivity contribution in [1.29, 1.82) is 0 Å². The highest BCUT2D eigenvalue weighted by Crippen LogP contribution is 2.78. The van der Waals surface area contributed by atoms with Crippen molar-refractivity contribution in [2.24, 2.45) is 67.8 Å². The van der Waals surface area contributed by atoms with Crippen molar-refractivity contribution in [2.75, 3.05) is 13.7 Å². The zero-order valence-corrected chi connectivity index (χ0v) is 29.8. The van der Waals surface area contributed by atoms with E-state index < -0.39 is 5.41 Å². The summed E-state index contributed by atoms with van der Waals surface area (Å²) in [6.07, 6.45) is 14.1. The zero-order valence-electron chi connectivity index (χ0n) is 29.8. The van der Waals surface area contributed by atoms with E-state index in [0.29, 0.717) is 34.0 Å². The van der Waals surface area contributed by atoms with E-state index in [1.165, 1.54) is 70.5 Å². The second-order valence-corrected chi connectivity index (χ2v) is 18.5. The van der Waals surface area contributed by atoms with Crippen LogP contribution < -0.4 is 5.73 Å². The molecule has 0 radical (unpaired) electrons. The smallest absolute Gasteiger partial charge is 0.306 e. The maximum Gasteiger partial charge on any atom is 0.306 e. The number of methoxy groups -OCH3 is 1. The van der Waals surface area contributed by atoms with Crippen molar-refractivity contribution in [1.82, 2.24) is 0 Å². The molecule has 0 aromatic carbocycles. The molecule has 10 atom stereocenters. The molecular weight excluding hydrogens is 546 g/mol. The largest absolute Gasteiger partial charge is 0.469 e. The SMILES string of the molecule is C=C(C)[C@@H]1CC[C@]2(CCN)CC[C@]3(C)C(CCC4[C@@]5(C)CC[C@H](OC(=O)CC(C)(C)CC(=O)OC)C(C)(C)C5CC[C@]43C)C12. The van der Waals surface area contributed by atoms with Crippen LogP contribution in [0, 0.1) is 62.1 Å². The van der Waals surface area contributed by atoms with Crippen molar-refractivity contribution in [3.8, 4) is 0 Å². The molecule has 5 saturated carbocycles. The van der Waals surface area contributed by atoms with Gasteiger partial charge in [-0.2, -0.15) is 0 Å². The number of ether oxygens (including phenoxy) is 2. The molecule has 5 heteroatoms. The number of fused-ring (bicyclic) bond motifs is 7. The molecule has 0 amide bonds. The van der Waals surface area contributed by atoms with Gasteiger partial charge in [0, 0.05) is 5.41 Å². The van der Waals surface area contributed by atoms with Crippen molar-refractivity contribution < 1.29 is 19.1 Å². The molecule has 4 unspecified atom stereocenters. The van der Waals surface area contributed by atoms with Gasteiger partial charge in [0.05, 0.1) is 20.0 Å². The third-order valence-corrected chi connectivity index (χ3v) is 15.6. The Hall–Kier alpha value is -1.36. The lowest BCUT2D eigenvalue weighted by Gasteiger charge is -2.73. The van der Waals surface area contributed by atoms with Crippen LogP contribution in [-0.4, -0.2) is 31.7 Å². The molecule has 0 aromatic heterocycles. The van der Waals surface area contributed by atoms with E-state index in [4.69, 9.17) is 15.2 Å². The fourth-order valence-corrected chi connectivity index (χ4v) is 13.3. The maximum absolute atomic E-state index is 13.3. The van der Waals surface area contributed by atoms with Crippen LogP contribution in [-0.2, 0) is 19.1 Å². The van der Waals surface area contributed by atoms with E-state index in [0.717, 1.165) is 31.2 Å². The van der Waals surface area contributed by atoms with Gasteiger partial charge in [0.25, 0.3) is 0 Å². The van der Waals surface area contributed by atoms with Gasteiger partial charge in [0.2, 0.25) is 0 Å². The highest BCUT2D eigenvalue weighted by Gasteiger charge is 2.71. The van der Waals surface area contributed by atoms with Crippen LogP contribution in [0.1, 0.15) is 139 Å². The average molecular weight is 612 g/mol. The van der Waals surface area contributed by atoms with Gasteiger partial charge in [-0.3, -0.25) is 9.59 Å². The van der Waals surface area contributed by atoms with Crippen LogP contribution in [0.5, 0.6) is 0 Å². The fourth-order valence-electron chi connectivity index (χ4n) is 13.3. The Morgan fingerprint density at radius 1 is 0.841 bits per heavy atom. The Morgan fingerprint density at radius 2 is 1.52 bits per heavy atom. The van der Waals surface area contributed by atoms with Crippen LogP contribution >= 0.6 is 0 Å². The van der Waals surface area contributed by atoms with Gasteiger partial charge in [-0.15, -0.1) is 0 Å². The Balaban J connectivity index is 1.37. The summed E-state index contributed by atoms with van der Waals surface area (Å²) in [7, 11) is 1.40. The summed E-state index contributed by atoms with van der Waals surface area (Å²) >= 11 is 0. The van der Waals surface area contributed by atoms with Crippen LogP contribution in [0.2, 0.25) is 0 Å². The van der Waals surface area contributed by atoms with Crippen LogP contribution in [0.3, 0.4) is 0 Å². The molecular formula is C39H65NO4. The maximum atomic E-state index is 13.3. The second kappa shape index (κ2) is 11.4. The van der Waals surface area contributed by atoms with Gasteiger partial charge < -0.3 is 15.2 Å². The summed E-state index contributed by atoms with van der Waals surface area (Å²) < 4.78 is 11.2. The molecule has 0 bridgehead atoms. The summed E-state index contributed by atoms with van der Waals surface area (Å²) in [4.78, 5) is 25.2. The van der Waals surface area contributed by atoms with Crippen molar-refractivity contribution in [3.63, 3.8) is 0 Å². The monoisotopic (exact) mass is 611 g/mol. The molecule has 0 spiro atoms. The first-order valence-electron chi connectivity index (χ1n) is 18.0.